The molecule has 94 valence electrons. The van der Waals surface area contributed by atoms with Crippen LogP contribution in [0, 0.1) is 0 Å². The molecule has 0 bridgehead atoms. The molecule has 0 unspecified atom stereocenters. The van der Waals surface area contributed by atoms with Gasteiger partial charge in [0.1, 0.15) is 0 Å². The van der Waals surface area contributed by atoms with Crippen LogP contribution in [0.4, 0.5) is 5.69 Å². The van der Waals surface area contributed by atoms with E-state index in [-0.39, 0.29) is 0 Å². The van der Waals surface area contributed by atoms with Gasteiger partial charge in [0, 0.05) is 23.7 Å². The average Bonchev–Trinajstić information content (AvgIpc) is 2.92. The first kappa shape index (κ1) is 12.9. The van der Waals surface area contributed by atoms with Crippen LogP contribution in [0.1, 0.15) is 24.3 Å². The van der Waals surface area contributed by atoms with Gasteiger partial charge in [-0.3, -0.25) is 0 Å². The summed E-state index contributed by atoms with van der Waals surface area (Å²) >= 11 is 1.76. The summed E-state index contributed by atoms with van der Waals surface area (Å²) in [5.41, 5.74) is 2.55. The Hall–Kier alpha value is -1.54. The molecule has 18 heavy (non-hydrogen) atoms. The summed E-state index contributed by atoms with van der Waals surface area (Å²) in [4.78, 5) is 3.65. The lowest BCUT2D eigenvalue weighted by atomic mass is 10.1. The van der Waals surface area contributed by atoms with Crippen LogP contribution in [0.2, 0.25) is 0 Å². The minimum atomic E-state index is 1.06. The van der Waals surface area contributed by atoms with Crippen LogP contribution in [-0.2, 0) is 0 Å². The lowest BCUT2D eigenvalue weighted by Gasteiger charge is -2.20. The molecule has 0 aliphatic heterocycles. The molecule has 1 heterocycles. The van der Waals surface area contributed by atoms with Gasteiger partial charge in [-0.2, -0.15) is 0 Å². The first-order chi connectivity index (χ1) is 8.83. The van der Waals surface area contributed by atoms with E-state index in [0.29, 0.717) is 0 Å². The molecule has 0 radical (unpaired) electrons. The van der Waals surface area contributed by atoms with E-state index in [0.717, 1.165) is 13.1 Å². The number of benzene rings is 1. The standard InChI is InChI=1S/C16H19NS/c1-3-17(4-2)15-10-7-14(8-11-15)9-12-16-6-5-13-18-16/h5-13H,3-4H2,1-2H3/b12-9+. The number of anilines is 1. The molecule has 2 heteroatoms. The second-order valence-corrected chi connectivity index (χ2v) is 5.09. The Bertz CT molecular complexity index is 478. The van der Waals surface area contributed by atoms with Gasteiger partial charge in [0.25, 0.3) is 0 Å². The number of rotatable bonds is 5. The monoisotopic (exact) mass is 257 g/mol. The normalized spacial score (nSPS) is 11.0. The van der Waals surface area contributed by atoms with Crippen molar-refractivity contribution in [2.75, 3.05) is 18.0 Å². The molecule has 0 amide bonds. The van der Waals surface area contributed by atoms with Gasteiger partial charge in [-0.1, -0.05) is 24.3 Å². The summed E-state index contributed by atoms with van der Waals surface area (Å²) in [6.45, 7) is 6.49. The predicted octanol–water partition coefficient (Wildman–Crippen LogP) is 4.76. The van der Waals surface area contributed by atoms with Crippen LogP contribution in [0.25, 0.3) is 12.2 Å². The van der Waals surface area contributed by atoms with E-state index in [1.54, 1.807) is 11.3 Å². The van der Waals surface area contributed by atoms with Crippen molar-refractivity contribution in [2.24, 2.45) is 0 Å². The number of hydrogen-bond acceptors (Lipinski definition) is 2. The Morgan fingerprint density at radius 2 is 1.72 bits per heavy atom. The molecule has 2 aromatic rings. The van der Waals surface area contributed by atoms with Crippen LogP contribution < -0.4 is 4.90 Å². The van der Waals surface area contributed by atoms with Crippen molar-refractivity contribution >= 4 is 29.2 Å². The Labute approximate surface area is 113 Å². The highest BCUT2D eigenvalue weighted by atomic mass is 32.1. The zero-order valence-corrected chi connectivity index (χ0v) is 11.8. The molecule has 0 spiro atoms. The van der Waals surface area contributed by atoms with Gasteiger partial charge in [0.15, 0.2) is 0 Å². The molecule has 0 aliphatic carbocycles. The van der Waals surface area contributed by atoms with Gasteiger partial charge in [-0.05, 0) is 49.1 Å². The number of hydrogen-bond donors (Lipinski definition) is 0. The minimum absolute atomic E-state index is 1.06. The Kier molecular flexibility index (Phi) is 4.59. The van der Waals surface area contributed by atoms with E-state index in [9.17, 15) is 0 Å². The molecule has 0 aliphatic rings. The third-order valence-electron chi connectivity index (χ3n) is 3.00. The third kappa shape index (κ3) is 3.23. The maximum Gasteiger partial charge on any atom is 0.0366 e. The van der Waals surface area contributed by atoms with Gasteiger partial charge in [0.2, 0.25) is 0 Å². The van der Waals surface area contributed by atoms with E-state index < -0.39 is 0 Å². The van der Waals surface area contributed by atoms with Gasteiger partial charge < -0.3 is 4.90 Å². The van der Waals surface area contributed by atoms with E-state index in [4.69, 9.17) is 0 Å². The van der Waals surface area contributed by atoms with Gasteiger partial charge >= 0.3 is 0 Å². The lowest BCUT2D eigenvalue weighted by molar-refractivity contribution is 0.866. The second-order valence-electron chi connectivity index (χ2n) is 4.11. The van der Waals surface area contributed by atoms with E-state index >= 15 is 0 Å². The van der Waals surface area contributed by atoms with Crippen molar-refractivity contribution in [2.45, 2.75) is 13.8 Å². The van der Waals surface area contributed by atoms with Crippen molar-refractivity contribution in [3.63, 3.8) is 0 Å². The summed E-state index contributed by atoms with van der Waals surface area (Å²) in [6.07, 6.45) is 4.33. The van der Waals surface area contributed by atoms with Gasteiger partial charge in [-0.15, -0.1) is 11.3 Å². The summed E-state index contributed by atoms with van der Waals surface area (Å²) in [6, 6.07) is 13.0. The predicted molar refractivity (Wildman–Crippen MR) is 83.3 cm³/mol. The zero-order valence-electron chi connectivity index (χ0n) is 11.0. The summed E-state index contributed by atoms with van der Waals surface area (Å²) < 4.78 is 0. The van der Waals surface area contributed by atoms with Crippen molar-refractivity contribution in [3.05, 3.63) is 52.2 Å². The first-order valence-electron chi connectivity index (χ1n) is 6.40. The summed E-state index contributed by atoms with van der Waals surface area (Å²) in [5, 5.41) is 2.10. The fourth-order valence-corrected chi connectivity index (χ4v) is 2.57. The summed E-state index contributed by atoms with van der Waals surface area (Å²) in [5.74, 6) is 0. The molecule has 0 fully saturated rings. The van der Waals surface area contributed by atoms with Crippen molar-refractivity contribution in [1.82, 2.24) is 0 Å². The highest BCUT2D eigenvalue weighted by Gasteiger charge is 1.99. The number of nitrogens with zero attached hydrogens (tertiary/aromatic N) is 1. The average molecular weight is 257 g/mol. The molecular formula is C16H19NS. The molecule has 0 saturated carbocycles. The molecule has 0 atom stereocenters. The van der Waals surface area contributed by atoms with Crippen LogP contribution in [0.5, 0.6) is 0 Å². The molecule has 1 aromatic heterocycles. The van der Waals surface area contributed by atoms with Crippen LogP contribution in [-0.4, -0.2) is 13.1 Å². The van der Waals surface area contributed by atoms with E-state index in [2.05, 4.69) is 72.7 Å². The largest absolute Gasteiger partial charge is 0.372 e. The van der Waals surface area contributed by atoms with Crippen LogP contribution >= 0.6 is 11.3 Å². The van der Waals surface area contributed by atoms with Crippen LogP contribution in [0.15, 0.2) is 41.8 Å². The van der Waals surface area contributed by atoms with Crippen molar-refractivity contribution in [1.29, 1.82) is 0 Å². The molecule has 1 nitrogen and oxygen atoms in total. The highest BCUT2D eigenvalue weighted by molar-refractivity contribution is 7.10. The van der Waals surface area contributed by atoms with Gasteiger partial charge in [0.05, 0.1) is 0 Å². The third-order valence-corrected chi connectivity index (χ3v) is 3.84. The molecule has 2 rings (SSSR count). The second kappa shape index (κ2) is 6.41. The Balaban J connectivity index is 2.08. The quantitative estimate of drug-likeness (QED) is 0.746. The van der Waals surface area contributed by atoms with Crippen molar-refractivity contribution in [3.8, 4) is 0 Å². The Morgan fingerprint density at radius 3 is 2.28 bits per heavy atom. The van der Waals surface area contributed by atoms with Crippen molar-refractivity contribution < 1.29 is 0 Å². The van der Waals surface area contributed by atoms with Gasteiger partial charge in [-0.25, -0.2) is 0 Å². The molecule has 0 saturated heterocycles. The molecule has 1 aromatic carbocycles. The molecule has 0 N–H and O–H groups in total. The maximum atomic E-state index is 2.35. The zero-order chi connectivity index (χ0) is 12.8. The topological polar surface area (TPSA) is 3.24 Å². The maximum absolute atomic E-state index is 2.35. The minimum Gasteiger partial charge on any atom is -0.372 e. The van der Waals surface area contributed by atoms with E-state index in [1.165, 1.54) is 16.1 Å². The van der Waals surface area contributed by atoms with Crippen LogP contribution in [0.3, 0.4) is 0 Å². The highest BCUT2D eigenvalue weighted by Crippen LogP contribution is 2.17. The first-order valence-corrected chi connectivity index (χ1v) is 7.28. The summed E-state index contributed by atoms with van der Waals surface area (Å²) in [7, 11) is 0. The smallest absolute Gasteiger partial charge is 0.0366 e. The lowest BCUT2D eigenvalue weighted by Crippen LogP contribution is -2.21. The Morgan fingerprint density at radius 1 is 1.00 bits per heavy atom. The molecular weight excluding hydrogens is 238 g/mol. The fourth-order valence-electron chi connectivity index (χ4n) is 1.95. The SMILES string of the molecule is CCN(CC)c1ccc(/C=C/c2cccs2)cc1. The van der Waals surface area contributed by atoms with E-state index in [1.807, 2.05) is 0 Å². The fraction of sp³-hybridized carbons (Fsp3) is 0.250. The number of thiophene rings is 1.